The summed E-state index contributed by atoms with van der Waals surface area (Å²) in [6, 6.07) is 1.49. The number of rotatable bonds is 4. The van der Waals surface area contributed by atoms with E-state index in [1.807, 2.05) is 0 Å². The van der Waals surface area contributed by atoms with Crippen LogP contribution >= 0.6 is 0 Å². The van der Waals surface area contributed by atoms with Crippen molar-refractivity contribution in [2.75, 3.05) is 19.6 Å². The third kappa shape index (κ3) is 3.76. The number of nitrogens with one attached hydrogen (secondary N) is 1. The van der Waals surface area contributed by atoms with Crippen molar-refractivity contribution in [3.05, 3.63) is 0 Å². The standard InChI is InChI=1S/C13H28N2/c1-5-11(3)12(4)15-9-7-13(6-2)14-8-10-15/h11-14H,5-10H2,1-4H3. The predicted octanol–water partition coefficient (Wildman–Crippen LogP) is 2.49. The van der Waals surface area contributed by atoms with Crippen LogP contribution in [-0.4, -0.2) is 36.6 Å². The minimum Gasteiger partial charge on any atom is -0.313 e. The first kappa shape index (κ1) is 13.0. The van der Waals surface area contributed by atoms with E-state index in [1.54, 1.807) is 0 Å². The molecule has 2 heteroatoms. The highest BCUT2D eigenvalue weighted by Crippen LogP contribution is 2.16. The van der Waals surface area contributed by atoms with Crippen LogP contribution in [0.4, 0.5) is 0 Å². The van der Waals surface area contributed by atoms with Gasteiger partial charge in [0.1, 0.15) is 0 Å². The van der Waals surface area contributed by atoms with Crippen LogP contribution in [0.5, 0.6) is 0 Å². The Kier molecular flexibility index (Phi) is 5.62. The van der Waals surface area contributed by atoms with Gasteiger partial charge in [-0.05, 0) is 32.2 Å². The fraction of sp³-hybridized carbons (Fsp3) is 1.00. The molecule has 2 nitrogen and oxygen atoms in total. The molecule has 0 radical (unpaired) electrons. The van der Waals surface area contributed by atoms with Gasteiger partial charge in [0.2, 0.25) is 0 Å². The van der Waals surface area contributed by atoms with Gasteiger partial charge in [-0.1, -0.05) is 27.2 Å². The first-order chi connectivity index (χ1) is 7.19. The molecule has 0 aromatic heterocycles. The molecule has 0 spiro atoms. The van der Waals surface area contributed by atoms with Crippen molar-refractivity contribution >= 4 is 0 Å². The van der Waals surface area contributed by atoms with Gasteiger partial charge in [0, 0.05) is 25.2 Å². The lowest BCUT2D eigenvalue weighted by Gasteiger charge is -2.31. The maximum atomic E-state index is 3.63. The highest BCUT2D eigenvalue weighted by molar-refractivity contribution is 4.79. The largest absolute Gasteiger partial charge is 0.313 e. The van der Waals surface area contributed by atoms with E-state index in [-0.39, 0.29) is 0 Å². The predicted molar refractivity (Wildman–Crippen MR) is 67.2 cm³/mol. The first-order valence-corrected chi connectivity index (χ1v) is 6.66. The molecule has 1 aliphatic heterocycles. The molecule has 0 amide bonds. The minimum absolute atomic E-state index is 0.743. The zero-order chi connectivity index (χ0) is 11.3. The molecule has 3 atom stereocenters. The zero-order valence-corrected chi connectivity index (χ0v) is 10.9. The van der Waals surface area contributed by atoms with Crippen molar-refractivity contribution in [2.24, 2.45) is 5.92 Å². The van der Waals surface area contributed by atoms with Gasteiger partial charge < -0.3 is 5.32 Å². The normalized spacial score (nSPS) is 28.4. The molecule has 0 saturated carbocycles. The lowest BCUT2D eigenvalue weighted by Crippen LogP contribution is -2.39. The van der Waals surface area contributed by atoms with Crippen molar-refractivity contribution in [2.45, 2.75) is 59.0 Å². The van der Waals surface area contributed by atoms with Crippen LogP contribution < -0.4 is 5.32 Å². The molecule has 0 aliphatic carbocycles. The molecule has 1 N–H and O–H groups in total. The van der Waals surface area contributed by atoms with Gasteiger partial charge in [-0.3, -0.25) is 4.90 Å². The third-order valence-corrected chi connectivity index (χ3v) is 4.13. The molecule has 0 aromatic carbocycles. The summed E-state index contributed by atoms with van der Waals surface area (Å²) in [5, 5.41) is 3.63. The van der Waals surface area contributed by atoms with Crippen LogP contribution in [-0.2, 0) is 0 Å². The van der Waals surface area contributed by atoms with E-state index >= 15 is 0 Å². The Labute approximate surface area is 95.4 Å². The molecular formula is C13H28N2. The zero-order valence-electron chi connectivity index (χ0n) is 10.9. The lowest BCUT2D eigenvalue weighted by molar-refractivity contribution is 0.168. The molecule has 3 unspecified atom stereocenters. The van der Waals surface area contributed by atoms with E-state index in [4.69, 9.17) is 0 Å². The smallest absolute Gasteiger partial charge is 0.0110 e. The molecule has 90 valence electrons. The highest BCUT2D eigenvalue weighted by atomic mass is 15.2. The molecule has 1 fully saturated rings. The van der Waals surface area contributed by atoms with E-state index < -0.39 is 0 Å². The van der Waals surface area contributed by atoms with Gasteiger partial charge in [0.15, 0.2) is 0 Å². The van der Waals surface area contributed by atoms with Gasteiger partial charge in [-0.15, -0.1) is 0 Å². The topological polar surface area (TPSA) is 15.3 Å². The average Bonchev–Trinajstić information content (AvgIpc) is 2.51. The van der Waals surface area contributed by atoms with Crippen LogP contribution in [0, 0.1) is 5.92 Å². The van der Waals surface area contributed by atoms with Crippen LogP contribution in [0.15, 0.2) is 0 Å². The molecular weight excluding hydrogens is 184 g/mol. The number of hydrogen-bond donors (Lipinski definition) is 1. The second kappa shape index (κ2) is 6.49. The number of nitrogens with zero attached hydrogens (tertiary/aromatic N) is 1. The van der Waals surface area contributed by atoms with Crippen molar-refractivity contribution in [3.8, 4) is 0 Å². The van der Waals surface area contributed by atoms with E-state index in [0.29, 0.717) is 0 Å². The SMILES string of the molecule is CCC1CCN(C(C)C(C)CC)CCN1. The van der Waals surface area contributed by atoms with Gasteiger partial charge >= 0.3 is 0 Å². The average molecular weight is 212 g/mol. The maximum absolute atomic E-state index is 3.63. The van der Waals surface area contributed by atoms with Crippen LogP contribution in [0.3, 0.4) is 0 Å². The summed E-state index contributed by atoms with van der Waals surface area (Å²) in [7, 11) is 0. The summed E-state index contributed by atoms with van der Waals surface area (Å²) >= 11 is 0. The molecule has 1 aliphatic rings. The summed E-state index contributed by atoms with van der Waals surface area (Å²) in [4.78, 5) is 2.66. The summed E-state index contributed by atoms with van der Waals surface area (Å²) in [5.74, 6) is 0.822. The first-order valence-electron chi connectivity index (χ1n) is 6.66. The number of hydrogen-bond acceptors (Lipinski definition) is 2. The summed E-state index contributed by atoms with van der Waals surface area (Å²) < 4.78 is 0. The highest BCUT2D eigenvalue weighted by Gasteiger charge is 2.21. The van der Waals surface area contributed by atoms with Crippen LogP contribution in [0.2, 0.25) is 0 Å². The van der Waals surface area contributed by atoms with E-state index in [2.05, 4.69) is 37.9 Å². The van der Waals surface area contributed by atoms with Crippen molar-refractivity contribution in [3.63, 3.8) is 0 Å². The second-order valence-corrected chi connectivity index (χ2v) is 5.01. The van der Waals surface area contributed by atoms with Crippen molar-refractivity contribution in [1.82, 2.24) is 10.2 Å². The Bertz CT molecular complexity index is 170. The molecule has 1 rings (SSSR count). The van der Waals surface area contributed by atoms with E-state index in [0.717, 1.165) is 18.0 Å². The van der Waals surface area contributed by atoms with Crippen molar-refractivity contribution in [1.29, 1.82) is 0 Å². The summed E-state index contributed by atoms with van der Waals surface area (Å²) in [5.41, 5.74) is 0. The Morgan fingerprint density at radius 3 is 2.60 bits per heavy atom. The molecule has 0 aromatic rings. The van der Waals surface area contributed by atoms with Crippen LogP contribution in [0.25, 0.3) is 0 Å². The Hall–Kier alpha value is -0.0800. The van der Waals surface area contributed by atoms with Crippen LogP contribution in [0.1, 0.15) is 47.0 Å². The fourth-order valence-electron chi connectivity index (χ4n) is 2.40. The fourth-order valence-corrected chi connectivity index (χ4v) is 2.40. The molecule has 0 bridgehead atoms. The second-order valence-electron chi connectivity index (χ2n) is 5.01. The Morgan fingerprint density at radius 1 is 1.27 bits per heavy atom. The van der Waals surface area contributed by atoms with E-state index in [1.165, 1.54) is 38.9 Å². The van der Waals surface area contributed by atoms with E-state index in [9.17, 15) is 0 Å². The molecule has 1 heterocycles. The van der Waals surface area contributed by atoms with Crippen molar-refractivity contribution < 1.29 is 0 Å². The minimum atomic E-state index is 0.743. The maximum Gasteiger partial charge on any atom is 0.0110 e. The van der Waals surface area contributed by atoms with Gasteiger partial charge in [-0.2, -0.15) is 0 Å². The molecule has 15 heavy (non-hydrogen) atoms. The van der Waals surface area contributed by atoms with Gasteiger partial charge in [0.25, 0.3) is 0 Å². The molecule has 1 saturated heterocycles. The van der Waals surface area contributed by atoms with Gasteiger partial charge in [-0.25, -0.2) is 0 Å². The summed E-state index contributed by atoms with van der Waals surface area (Å²) in [6.45, 7) is 13.0. The van der Waals surface area contributed by atoms with Gasteiger partial charge in [0.05, 0.1) is 0 Å². The quantitative estimate of drug-likeness (QED) is 0.770. The monoisotopic (exact) mass is 212 g/mol. The Balaban J connectivity index is 2.42. The lowest BCUT2D eigenvalue weighted by atomic mass is 9.99. The Morgan fingerprint density at radius 2 is 2.00 bits per heavy atom. The summed E-state index contributed by atoms with van der Waals surface area (Å²) in [6.07, 6.45) is 3.88. The third-order valence-electron chi connectivity index (χ3n) is 4.13.